The van der Waals surface area contributed by atoms with Gasteiger partial charge in [-0.1, -0.05) is 84.9 Å². The van der Waals surface area contributed by atoms with Crippen molar-refractivity contribution in [2.24, 2.45) is 0 Å². The fraction of sp³-hybridized carbons (Fsp3) is 0.139. The third-order valence-electron chi connectivity index (χ3n) is 6.90. The van der Waals surface area contributed by atoms with E-state index in [1.54, 1.807) is 13.1 Å². The largest absolute Gasteiger partial charge is 0.485 e. The molecule has 0 saturated heterocycles. The number of hydrogen-bond acceptors (Lipinski definition) is 6. The van der Waals surface area contributed by atoms with Gasteiger partial charge in [0.15, 0.2) is 17.3 Å². The Hall–Kier alpha value is -5.63. The highest BCUT2D eigenvalue weighted by Crippen LogP contribution is 2.31. The van der Waals surface area contributed by atoms with E-state index in [2.05, 4.69) is 20.9 Å². The molecule has 5 aromatic rings. The Bertz CT molecular complexity index is 1730. The third kappa shape index (κ3) is 8.01. The van der Waals surface area contributed by atoms with E-state index >= 15 is 0 Å². The number of para-hydroxylation sites is 1. The number of anilines is 3. The molecule has 0 unspecified atom stereocenters. The summed E-state index contributed by atoms with van der Waals surface area (Å²) in [7, 11) is 1.55. The van der Waals surface area contributed by atoms with E-state index in [1.165, 1.54) is 6.20 Å². The average molecular weight is 587 g/mol. The first-order valence-electron chi connectivity index (χ1n) is 14.3. The molecule has 0 bridgehead atoms. The van der Waals surface area contributed by atoms with Gasteiger partial charge in [0.1, 0.15) is 13.2 Å². The van der Waals surface area contributed by atoms with Gasteiger partial charge in [0.05, 0.1) is 17.7 Å². The zero-order valence-electron chi connectivity index (χ0n) is 24.7. The number of benzene rings is 4. The van der Waals surface area contributed by atoms with Crippen LogP contribution in [0.2, 0.25) is 0 Å². The Morgan fingerprint density at radius 2 is 1.34 bits per heavy atom. The van der Waals surface area contributed by atoms with Crippen LogP contribution in [0.15, 0.2) is 115 Å². The smallest absolute Gasteiger partial charge is 0.252 e. The van der Waals surface area contributed by atoms with E-state index in [0.29, 0.717) is 41.8 Å². The number of ether oxygens (including phenoxy) is 2. The van der Waals surface area contributed by atoms with E-state index in [1.807, 2.05) is 110 Å². The Morgan fingerprint density at radius 3 is 2.00 bits per heavy atom. The molecule has 0 aliphatic rings. The van der Waals surface area contributed by atoms with Crippen molar-refractivity contribution in [3.05, 3.63) is 143 Å². The van der Waals surface area contributed by atoms with Gasteiger partial charge in [0.25, 0.3) is 5.91 Å². The van der Waals surface area contributed by atoms with Crippen molar-refractivity contribution < 1.29 is 19.1 Å². The first-order valence-corrected chi connectivity index (χ1v) is 14.3. The number of pyridine rings is 1. The maximum absolute atomic E-state index is 13.4. The zero-order valence-corrected chi connectivity index (χ0v) is 24.7. The van der Waals surface area contributed by atoms with Gasteiger partial charge >= 0.3 is 0 Å². The van der Waals surface area contributed by atoms with Crippen LogP contribution in [0, 0.1) is 6.92 Å². The number of aromatic nitrogens is 1. The normalized spacial score (nSPS) is 10.5. The predicted octanol–water partition coefficient (Wildman–Crippen LogP) is 6.83. The standard InChI is InChI=1S/C36H34N4O4/c1-25-11-9-10-16-30(25)40-35-31(21-29(22-38-35)36(42)37-2)39-34(41)20-28-17-18-32(43-23-26-12-5-3-6-13-26)33(19-28)44-24-27-14-7-4-8-15-27/h3-19,21-22H,20,23-24H2,1-2H3,(H,37,42)(H,38,40)(H,39,41). The Kier molecular flexibility index (Phi) is 9.84. The van der Waals surface area contributed by atoms with E-state index in [4.69, 9.17) is 9.47 Å². The van der Waals surface area contributed by atoms with E-state index in [-0.39, 0.29) is 18.2 Å². The van der Waals surface area contributed by atoms with Crippen molar-refractivity contribution in [3.63, 3.8) is 0 Å². The van der Waals surface area contributed by atoms with Gasteiger partial charge in [0.2, 0.25) is 5.91 Å². The molecule has 8 nitrogen and oxygen atoms in total. The number of rotatable bonds is 12. The fourth-order valence-corrected chi connectivity index (χ4v) is 4.51. The highest BCUT2D eigenvalue weighted by molar-refractivity contribution is 5.99. The molecule has 44 heavy (non-hydrogen) atoms. The van der Waals surface area contributed by atoms with Crippen LogP contribution in [-0.4, -0.2) is 23.8 Å². The van der Waals surface area contributed by atoms with Crippen LogP contribution in [0.4, 0.5) is 17.2 Å². The quantitative estimate of drug-likeness (QED) is 0.148. The summed E-state index contributed by atoms with van der Waals surface area (Å²) < 4.78 is 12.3. The van der Waals surface area contributed by atoms with Crippen LogP contribution in [0.3, 0.4) is 0 Å². The van der Waals surface area contributed by atoms with Crippen LogP contribution >= 0.6 is 0 Å². The van der Waals surface area contributed by atoms with Gasteiger partial charge in [0, 0.05) is 18.9 Å². The van der Waals surface area contributed by atoms with E-state index < -0.39 is 0 Å². The van der Waals surface area contributed by atoms with Gasteiger partial charge in [-0.2, -0.15) is 0 Å². The highest BCUT2D eigenvalue weighted by atomic mass is 16.5. The SMILES string of the molecule is CNC(=O)c1cnc(Nc2ccccc2C)c(NC(=O)Cc2ccc(OCc3ccccc3)c(OCc3ccccc3)c2)c1. The Balaban J connectivity index is 1.35. The first kappa shape index (κ1) is 29.8. The predicted molar refractivity (Wildman–Crippen MR) is 172 cm³/mol. The molecule has 3 N–H and O–H groups in total. The van der Waals surface area contributed by atoms with Gasteiger partial charge in [-0.3, -0.25) is 9.59 Å². The van der Waals surface area contributed by atoms with E-state index in [9.17, 15) is 9.59 Å². The maximum atomic E-state index is 13.4. The van der Waals surface area contributed by atoms with Gasteiger partial charge in [-0.25, -0.2) is 4.98 Å². The molecule has 5 rings (SSSR count). The minimum Gasteiger partial charge on any atom is -0.485 e. The molecule has 0 atom stereocenters. The number of nitrogens with zero attached hydrogens (tertiary/aromatic N) is 1. The average Bonchev–Trinajstić information content (AvgIpc) is 3.05. The van der Waals surface area contributed by atoms with Crippen LogP contribution < -0.4 is 25.4 Å². The second-order valence-corrected chi connectivity index (χ2v) is 10.2. The molecule has 1 aromatic heterocycles. The van der Waals surface area contributed by atoms with Crippen LogP contribution in [0.25, 0.3) is 0 Å². The van der Waals surface area contributed by atoms with Crippen molar-refractivity contribution in [1.29, 1.82) is 0 Å². The maximum Gasteiger partial charge on any atom is 0.252 e. The number of carbonyl (C=O) groups excluding carboxylic acids is 2. The van der Waals surface area contributed by atoms with Gasteiger partial charge in [-0.15, -0.1) is 0 Å². The van der Waals surface area contributed by atoms with Crippen molar-refractivity contribution in [2.75, 3.05) is 17.7 Å². The molecule has 1 heterocycles. The van der Waals surface area contributed by atoms with Crippen molar-refractivity contribution in [1.82, 2.24) is 10.3 Å². The Morgan fingerprint density at radius 1 is 0.705 bits per heavy atom. The molecule has 222 valence electrons. The molecular weight excluding hydrogens is 552 g/mol. The summed E-state index contributed by atoms with van der Waals surface area (Å²) in [6, 6.07) is 34.6. The second-order valence-electron chi connectivity index (χ2n) is 10.2. The molecule has 0 fully saturated rings. The fourth-order valence-electron chi connectivity index (χ4n) is 4.51. The molecule has 2 amide bonds. The lowest BCUT2D eigenvalue weighted by Crippen LogP contribution is -2.20. The summed E-state index contributed by atoms with van der Waals surface area (Å²) in [5, 5.41) is 8.82. The van der Waals surface area contributed by atoms with Gasteiger partial charge < -0.3 is 25.4 Å². The van der Waals surface area contributed by atoms with Crippen LogP contribution in [-0.2, 0) is 24.4 Å². The lowest BCUT2D eigenvalue weighted by atomic mass is 10.1. The van der Waals surface area contributed by atoms with Crippen LogP contribution in [0.5, 0.6) is 11.5 Å². The summed E-state index contributed by atoms with van der Waals surface area (Å²) in [5.74, 6) is 0.973. The summed E-state index contributed by atoms with van der Waals surface area (Å²) in [6.07, 6.45) is 1.54. The summed E-state index contributed by atoms with van der Waals surface area (Å²) in [4.78, 5) is 30.1. The number of amides is 2. The molecule has 0 saturated carbocycles. The number of carbonyl (C=O) groups is 2. The van der Waals surface area contributed by atoms with E-state index in [0.717, 1.165) is 27.9 Å². The number of aryl methyl sites for hydroxylation is 1. The minimum absolute atomic E-state index is 0.0642. The Labute approximate surface area is 257 Å². The summed E-state index contributed by atoms with van der Waals surface area (Å²) >= 11 is 0. The van der Waals surface area contributed by atoms with Crippen molar-refractivity contribution in [3.8, 4) is 11.5 Å². The first-order chi connectivity index (χ1) is 21.5. The van der Waals surface area contributed by atoms with Crippen molar-refractivity contribution >= 4 is 29.0 Å². The summed E-state index contributed by atoms with van der Waals surface area (Å²) in [5.41, 5.74) is 5.36. The lowest BCUT2D eigenvalue weighted by Gasteiger charge is -2.16. The molecule has 4 aromatic carbocycles. The molecule has 0 spiro atoms. The van der Waals surface area contributed by atoms with Gasteiger partial charge in [-0.05, 0) is 53.4 Å². The molecule has 8 heteroatoms. The number of nitrogens with one attached hydrogen (secondary N) is 3. The molecule has 0 radical (unpaired) electrons. The third-order valence-corrected chi connectivity index (χ3v) is 6.90. The minimum atomic E-state index is -0.304. The monoisotopic (exact) mass is 586 g/mol. The van der Waals surface area contributed by atoms with Crippen molar-refractivity contribution in [2.45, 2.75) is 26.6 Å². The van der Waals surface area contributed by atoms with Crippen LogP contribution in [0.1, 0.15) is 32.6 Å². The molecular formula is C36H34N4O4. The summed E-state index contributed by atoms with van der Waals surface area (Å²) in [6.45, 7) is 2.71. The number of hydrogen-bond donors (Lipinski definition) is 3. The topological polar surface area (TPSA) is 102 Å². The zero-order chi connectivity index (χ0) is 30.7. The second kappa shape index (κ2) is 14.5. The molecule has 0 aliphatic heterocycles. The lowest BCUT2D eigenvalue weighted by molar-refractivity contribution is -0.115. The highest BCUT2D eigenvalue weighted by Gasteiger charge is 2.16. The molecule has 0 aliphatic carbocycles.